The predicted molar refractivity (Wildman–Crippen MR) is 79.3 cm³/mol. The Kier molecular flexibility index (Phi) is 5.63. The molecule has 0 bridgehead atoms. The van der Waals surface area contributed by atoms with Crippen molar-refractivity contribution in [3.8, 4) is 0 Å². The summed E-state index contributed by atoms with van der Waals surface area (Å²) in [6.07, 6.45) is 4.92. The molecule has 0 aromatic heterocycles. The molecule has 0 saturated heterocycles. The highest BCUT2D eigenvalue weighted by atomic mass is 16.2. The van der Waals surface area contributed by atoms with Crippen molar-refractivity contribution in [2.45, 2.75) is 58.0 Å². The van der Waals surface area contributed by atoms with Crippen LogP contribution in [-0.4, -0.2) is 49.0 Å². The summed E-state index contributed by atoms with van der Waals surface area (Å²) in [5.41, 5.74) is -0.0639. The standard InChI is InChI=1S/C14H28N4O/c1-14(2,3)17-13(15-10-12(19)18(4)5)16-11-8-6-7-9-11/h11H,6-10H2,1-5H3,(H2,15,16,17). The fraction of sp³-hybridized carbons (Fsp3) is 0.857. The third-order valence-corrected chi connectivity index (χ3v) is 3.06. The number of guanidine groups is 1. The summed E-state index contributed by atoms with van der Waals surface area (Å²) in [4.78, 5) is 17.6. The molecule has 0 radical (unpaired) electrons. The van der Waals surface area contributed by atoms with Gasteiger partial charge in [-0.15, -0.1) is 0 Å². The summed E-state index contributed by atoms with van der Waals surface area (Å²) < 4.78 is 0. The quantitative estimate of drug-likeness (QED) is 0.600. The first-order chi connectivity index (χ1) is 8.78. The molecule has 1 rings (SSSR count). The number of likely N-dealkylation sites (N-methyl/N-ethyl adjacent to an activating group) is 1. The van der Waals surface area contributed by atoms with Crippen LogP contribution < -0.4 is 10.6 Å². The molecule has 0 heterocycles. The number of amides is 1. The number of nitrogens with one attached hydrogen (secondary N) is 2. The summed E-state index contributed by atoms with van der Waals surface area (Å²) in [7, 11) is 3.50. The summed E-state index contributed by atoms with van der Waals surface area (Å²) in [6.45, 7) is 6.46. The number of aliphatic imine (C=N–C) groups is 1. The minimum absolute atomic E-state index is 0.0152. The highest BCUT2D eigenvalue weighted by Crippen LogP contribution is 2.17. The molecule has 1 aliphatic rings. The van der Waals surface area contributed by atoms with Gasteiger partial charge in [-0.3, -0.25) is 4.79 Å². The van der Waals surface area contributed by atoms with Gasteiger partial charge in [0.2, 0.25) is 5.91 Å². The SMILES string of the molecule is CN(C)C(=O)CN=C(NC1CCCC1)NC(C)(C)C. The van der Waals surface area contributed by atoms with Crippen molar-refractivity contribution in [2.24, 2.45) is 4.99 Å². The van der Waals surface area contributed by atoms with Crippen LogP contribution in [0, 0.1) is 0 Å². The van der Waals surface area contributed by atoms with Crippen LogP contribution in [0.5, 0.6) is 0 Å². The molecule has 0 spiro atoms. The van der Waals surface area contributed by atoms with E-state index in [0.717, 1.165) is 5.96 Å². The largest absolute Gasteiger partial charge is 0.354 e. The van der Waals surface area contributed by atoms with Crippen molar-refractivity contribution in [3.63, 3.8) is 0 Å². The molecule has 0 unspecified atom stereocenters. The summed E-state index contributed by atoms with van der Waals surface area (Å²) >= 11 is 0. The van der Waals surface area contributed by atoms with E-state index < -0.39 is 0 Å². The van der Waals surface area contributed by atoms with Crippen molar-refractivity contribution >= 4 is 11.9 Å². The lowest BCUT2D eigenvalue weighted by molar-refractivity contribution is -0.127. The first-order valence-electron chi connectivity index (χ1n) is 7.07. The lowest BCUT2D eigenvalue weighted by Crippen LogP contribution is -2.50. The molecule has 1 fully saturated rings. The number of carbonyl (C=O) groups excluding carboxylic acids is 1. The zero-order valence-electron chi connectivity index (χ0n) is 12.9. The van der Waals surface area contributed by atoms with Gasteiger partial charge >= 0.3 is 0 Å². The topological polar surface area (TPSA) is 56.7 Å². The Morgan fingerprint density at radius 2 is 1.84 bits per heavy atom. The molecule has 1 saturated carbocycles. The Balaban J connectivity index is 2.62. The van der Waals surface area contributed by atoms with Gasteiger partial charge in [0.05, 0.1) is 0 Å². The van der Waals surface area contributed by atoms with Gasteiger partial charge in [0.25, 0.3) is 0 Å². The Morgan fingerprint density at radius 1 is 1.26 bits per heavy atom. The lowest BCUT2D eigenvalue weighted by Gasteiger charge is -2.26. The molecule has 19 heavy (non-hydrogen) atoms. The molecule has 0 aromatic rings. The summed E-state index contributed by atoms with van der Waals surface area (Å²) in [5.74, 6) is 0.760. The van der Waals surface area contributed by atoms with Crippen LogP contribution in [0.15, 0.2) is 4.99 Å². The first-order valence-corrected chi connectivity index (χ1v) is 7.07. The summed E-state index contributed by atoms with van der Waals surface area (Å²) in [5, 5.41) is 6.78. The maximum Gasteiger partial charge on any atom is 0.243 e. The van der Waals surface area contributed by atoms with Crippen LogP contribution in [0.1, 0.15) is 46.5 Å². The van der Waals surface area contributed by atoms with Crippen LogP contribution in [0.2, 0.25) is 0 Å². The molecule has 110 valence electrons. The van der Waals surface area contributed by atoms with E-state index in [0.29, 0.717) is 6.04 Å². The monoisotopic (exact) mass is 268 g/mol. The van der Waals surface area contributed by atoms with Crippen LogP contribution in [-0.2, 0) is 4.79 Å². The van der Waals surface area contributed by atoms with Crippen LogP contribution in [0.25, 0.3) is 0 Å². The zero-order valence-corrected chi connectivity index (χ0v) is 12.9. The Labute approximate surface area is 116 Å². The number of nitrogens with zero attached hydrogens (tertiary/aromatic N) is 2. The van der Waals surface area contributed by atoms with Crippen LogP contribution in [0.4, 0.5) is 0 Å². The van der Waals surface area contributed by atoms with Gasteiger partial charge in [-0.1, -0.05) is 12.8 Å². The second kappa shape index (κ2) is 6.78. The van der Waals surface area contributed by atoms with Crippen molar-refractivity contribution in [1.29, 1.82) is 0 Å². The molecular weight excluding hydrogens is 240 g/mol. The normalized spacial score (nSPS) is 17.4. The number of hydrogen-bond donors (Lipinski definition) is 2. The minimum atomic E-state index is -0.0639. The van der Waals surface area contributed by atoms with Gasteiger partial charge in [-0.2, -0.15) is 0 Å². The molecule has 0 aliphatic heterocycles. The zero-order chi connectivity index (χ0) is 14.5. The Bertz CT molecular complexity index is 325. The molecule has 1 aliphatic carbocycles. The maximum absolute atomic E-state index is 11.6. The van der Waals surface area contributed by atoms with E-state index in [9.17, 15) is 4.79 Å². The molecule has 0 aromatic carbocycles. The average Bonchev–Trinajstić information content (AvgIpc) is 2.75. The second-order valence-corrected chi connectivity index (χ2v) is 6.45. The first kappa shape index (κ1) is 15.8. The highest BCUT2D eigenvalue weighted by Gasteiger charge is 2.19. The Morgan fingerprint density at radius 3 is 2.32 bits per heavy atom. The fourth-order valence-corrected chi connectivity index (χ4v) is 2.03. The van der Waals surface area contributed by atoms with E-state index in [1.54, 1.807) is 19.0 Å². The van der Waals surface area contributed by atoms with Gasteiger partial charge in [-0.25, -0.2) is 4.99 Å². The van der Waals surface area contributed by atoms with Crippen molar-refractivity contribution in [2.75, 3.05) is 20.6 Å². The predicted octanol–water partition coefficient (Wildman–Crippen LogP) is 1.35. The number of carbonyl (C=O) groups is 1. The van der Waals surface area contributed by atoms with Gasteiger partial charge in [0.15, 0.2) is 5.96 Å². The molecule has 1 amide bonds. The van der Waals surface area contributed by atoms with E-state index in [4.69, 9.17) is 0 Å². The van der Waals surface area contributed by atoms with E-state index in [-0.39, 0.29) is 18.0 Å². The van der Waals surface area contributed by atoms with Gasteiger partial charge in [0, 0.05) is 25.7 Å². The van der Waals surface area contributed by atoms with Crippen molar-refractivity contribution in [3.05, 3.63) is 0 Å². The summed E-state index contributed by atoms with van der Waals surface area (Å²) in [6, 6.07) is 0.489. The maximum atomic E-state index is 11.6. The van der Waals surface area contributed by atoms with Crippen LogP contribution >= 0.6 is 0 Å². The van der Waals surface area contributed by atoms with Gasteiger partial charge < -0.3 is 15.5 Å². The molecular formula is C14H28N4O. The molecule has 2 N–H and O–H groups in total. The molecule has 5 nitrogen and oxygen atoms in total. The molecule has 0 atom stereocenters. The second-order valence-electron chi connectivity index (χ2n) is 6.45. The lowest BCUT2D eigenvalue weighted by atomic mass is 10.1. The van der Waals surface area contributed by atoms with E-state index in [1.165, 1.54) is 25.7 Å². The smallest absolute Gasteiger partial charge is 0.243 e. The third kappa shape index (κ3) is 6.45. The van der Waals surface area contributed by atoms with Crippen molar-refractivity contribution < 1.29 is 4.79 Å². The number of rotatable bonds is 3. The van der Waals surface area contributed by atoms with Crippen LogP contribution in [0.3, 0.4) is 0 Å². The fourth-order valence-electron chi connectivity index (χ4n) is 2.03. The van der Waals surface area contributed by atoms with E-state index in [2.05, 4.69) is 36.4 Å². The van der Waals surface area contributed by atoms with Crippen molar-refractivity contribution in [1.82, 2.24) is 15.5 Å². The highest BCUT2D eigenvalue weighted by molar-refractivity contribution is 5.85. The number of hydrogen-bond acceptors (Lipinski definition) is 2. The molecule has 5 heteroatoms. The third-order valence-electron chi connectivity index (χ3n) is 3.06. The van der Waals surface area contributed by atoms with E-state index in [1.807, 2.05) is 0 Å². The van der Waals surface area contributed by atoms with E-state index >= 15 is 0 Å². The van der Waals surface area contributed by atoms with Gasteiger partial charge in [0.1, 0.15) is 6.54 Å². The average molecular weight is 268 g/mol. The van der Waals surface area contributed by atoms with Gasteiger partial charge in [-0.05, 0) is 33.6 Å². The Hall–Kier alpha value is -1.26. The minimum Gasteiger partial charge on any atom is -0.354 e.